The molecule has 1 amide bonds. The van der Waals surface area contributed by atoms with Crippen molar-refractivity contribution in [3.05, 3.63) is 63.1 Å². The lowest BCUT2D eigenvalue weighted by molar-refractivity contribution is 0.0696. The van der Waals surface area contributed by atoms with Crippen LogP contribution >= 0.6 is 27.5 Å². The summed E-state index contributed by atoms with van der Waals surface area (Å²) in [5, 5.41) is 11.8. The molecule has 0 saturated heterocycles. The summed E-state index contributed by atoms with van der Waals surface area (Å²) in [6.07, 6.45) is 0. The van der Waals surface area contributed by atoms with Gasteiger partial charge in [0.2, 0.25) is 0 Å². The topological polar surface area (TPSA) is 66.4 Å². The SMILES string of the molecule is O=C(O)c1ccc(Cl)c(NC(=O)c2cccc(Br)c2)c1. The first kappa shape index (κ1) is 14.6. The molecule has 0 heterocycles. The van der Waals surface area contributed by atoms with Gasteiger partial charge in [0.15, 0.2) is 0 Å². The van der Waals surface area contributed by atoms with Gasteiger partial charge in [-0.05, 0) is 36.4 Å². The zero-order valence-electron chi connectivity index (χ0n) is 10.1. The number of amides is 1. The zero-order valence-corrected chi connectivity index (χ0v) is 12.4. The second-order valence-corrected chi connectivity index (χ2v) is 5.29. The molecule has 0 aliphatic carbocycles. The van der Waals surface area contributed by atoms with Gasteiger partial charge in [0, 0.05) is 10.0 Å². The lowest BCUT2D eigenvalue weighted by Crippen LogP contribution is -2.12. The van der Waals surface area contributed by atoms with Crippen LogP contribution in [0.4, 0.5) is 5.69 Å². The van der Waals surface area contributed by atoms with Crippen LogP contribution in [0.1, 0.15) is 20.7 Å². The Morgan fingerprint density at radius 2 is 1.85 bits per heavy atom. The summed E-state index contributed by atoms with van der Waals surface area (Å²) >= 11 is 9.22. The van der Waals surface area contributed by atoms with E-state index < -0.39 is 5.97 Å². The second-order valence-electron chi connectivity index (χ2n) is 3.96. The van der Waals surface area contributed by atoms with E-state index in [4.69, 9.17) is 16.7 Å². The molecule has 0 aliphatic rings. The number of carbonyl (C=O) groups is 2. The summed E-state index contributed by atoms with van der Waals surface area (Å²) in [4.78, 5) is 23.0. The number of benzene rings is 2. The molecule has 0 radical (unpaired) electrons. The maximum Gasteiger partial charge on any atom is 0.335 e. The number of carboxylic acid groups (broad SMARTS) is 1. The smallest absolute Gasteiger partial charge is 0.335 e. The Labute approximate surface area is 128 Å². The van der Waals surface area contributed by atoms with Crippen molar-refractivity contribution in [2.45, 2.75) is 0 Å². The van der Waals surface area contributed by atoms with Crippen molar-refractivity contribution in [1.82, 2.24) is 0 Å². The molecule has 0 aliphatic heterocycles. The molecule has 2 N–H and O–H groups in total. The lowest BCUT2D eigenvalue weighted by atomic mass is 10.1. The third-order valence-electron chi connectivity index (χ3n) is 2.55. The number of halogens is 2. The molecule has 0 unspecified atom stereocenters. The van der Waals surface area contributed by atoms with Crippen LogP contribution in [0.3, 0.4) is 0 Å². The van der Waals surface area contributed by atoms with Crippen LogP contribution in [0.5, 0.6) is 0 Å². The van der Waals surface area contributed by atoms with E-state index in [9.17, 15) is 9.59 Å². The van der Waals surface area contributed by atoms with Crippen molar-refractivity contribution >= 4 is 45.1 Å². The molecule has 0 bridgehead atoms. The molecule has 0 atom stereocenters. The van der Waals surface area contributed by atoms with Crippen molar-refractivity contribution in [3.8, 4) is 0 Å². The first-order chi connectivity index (χ1) is 9.47. The average Bonchev–Trinajstić information content (AvgIpc) is 2.41. The molecule has 0 spiro atoms. The standard InChI is InChI=1S/C14H9BrClNO3/c15-10-3-1-2-8(6-10)13(18)17-12-7-9(14(19)20)4-5-11(12)16/h1-7H,(H,17,18)(H,19,20). The normalized spacial score (nSPS) is 10.1. The highest BCUT2D eigenvalue weighted by Gasteiger charge is 2.11. The van der Waals surface area contributed by atoms with E-state index in [1.54, 1.807) is 24.3 Å². The van der Waals surface area contributed by atoms with Gasteiger partial charge in [0.25, 0.3) is 5.91 Å². The molecule has 2 aromatic rings. The summed E-state index contributed by atoms with van der Waals surface area (Å²) in [5.41, 5.74) is 0.756. The molecule has 20 heavy (non-hydrogen) atoms. The Hall–Kier alpha value is -1.85. The molecule has 2 aromatic carbocycles. The highest BCUT2D eigenvalue weighted by atomic mass is 79.9. The van der Waals surface area contributed by atoms with Crippen molar-refractivity contribution in [1.29, 1.82) is 0 Å². The molecule has 102 valence electrons. The summed E-state index contributed by atoms with van der Waals surface area (Å²) in [6.45, 7) is 0. The summed E-state index contributed by atoms with van der Waals surface area (Å²) in [7, 11) is 0. The molecular formula is C14H9BrClNO3. The third kappa shape index (κ3) is 3.37. The largest absolute Gasteiger partial charge is 0.478 e. The van der Waals surface area contributed by atoms with Crippen LogP contribution in [0.15, 0.2) is 46.9 Å². The number of aromatic carboxylic acids is 1. The molecule has 0 fully saturated rings. The van der Waals surface area contributed by atoms with Crippen molar-refractivity contribution < 1.29 is 14.7 Å². The number of hydrogen-bond acceptors (Lipinski definition) is 2. The Bertz CT molecular complexity index is 688. The Morgan fingerprint density at radius 3 is 2.50 bits per heavy atom. The van der Waals surface area contributed by atoms with Crippen LogP contribution < -0.4 is 5.32 Å². The minimum absolute atomic E-state index is 0.0546. The van der Waals surface area contributed by atoms with Crippen LogP contribution in [0.25, 0.3) is 0 Å². The number of hydrogen-bond donors (Lipinski definition) is 2. The number of carbonyl (C=O) groups excluding carboxylic acids is 1. The minimum Gasteiger partial charge on any atom is -0.478 e. The van der Waals surface area contributed by atoms with Gasteiger partial charge in [-0.2, -0.15) is 0 Å². The van der Waals surface area contributed by atoms with Crippen molar-refractivity contribution in [3.63, 3.8) is 0 Å². The van der Waals surface area contributed by atoms with Crippen LogP contribution in [0, 0.1) is 0 Å². The van der Waals surface area contributed by atoms with Gasteiger partial charge in [-0.15, -0.1) is 0 Å². The molecular weight excluding hydrogens is 346 g/mol. The fourth-order valence-corrected chi connectivity index (χ4v) is 2.14. The maximum atomic E-state index is 12.1. The number of carboxylic acids is 1. The quantitative estimate of drug-likeness (QED) is 0.874. The highest BCUT2D eigenvalue weighted by molar-refractivity contribution is 9.10. The van der Waals surface area contributed by atoms with E-state index in [-0.39, 0.29) is 22.2 Å². The zero-order chi connectivity index (χ0) is 14.7. The van der Waals surface area contributed by atoms with E-state index >= 15 is 0 Å². The van der Waals surface area contributed by atoms with E-state index in [1.807, 2.05) is 0 Å². The average molecular weight is 355 g/mol. The molecule has 2 rings (SSSR count). The van der Waals surface area contributed by atoms with Gasteiger partial charge in [-0.3, -0.25) is 4.79 Å². The van der Waals surface area contributed by atoms with E-state index in [0.29, 0.717) is 5.56 Å². The molecule has 0 aromatic heterocycles. The summed E-state index contributed by atoms with van der Waals surface area (Å²) < 4.78 is 0.774. The van der Waals surface area contributed by atoms with Crippen LogP contribution in [-0.4, -0.2) is 17.0 Å². The van der Waals surface area contributed by atoms with Gasteiger partial charge in [0.05, 0.1) is 16.3 Å². The Morgan fingerprint density at radius 1 is 1.10 bits per heavy atom. The maximum absolute atomic E-state index is 12.1. The first-order valence-corrected chi connectivity index (χ1v) is 6.74. The Balaban J connectivity index is 2.27. The molecule has 4 nitrogen and oxygen atoms in total. The summed E-state index contributed by atoms with van der Waals surface area (Å²) in [6, 6.07) is 11.0. The van der Waals surface area contributed by atoms with E-state index in [2.05, 4.69) is 21.2 Å². The fraction of sp³-hybridized carbons (Fsp3) is 0. The van der Waals surface area contributed by atoms with Gasteiger partial charge in [0.1, 0.15) is 0 Å². The van der Waals surface area contributed by atoms with Crippen molar-refractivity contribution in [2.24, 2.45) is 0 Å². The van der Waals surface area contributed by atoms with E-state index in [1.165, 1.54) is 18.2 Å². The second kappa shape index (κ2) is 6.07. The molecule has 0 saturated carbocycles. The highest BCUT2D eigenvalue weighted by Crippen LogP contribution is 2.24. The number of anilines is 1. The Kier molecular flexibility index (Phi) is 4.42. The predicted molar refractivity (Wildman–Crippen MR) is 80.5 cm³/mol. The monoisotopic (exact) mass is 353 g/mol. The van der Waals surface area contributed by atoms with E-state index in [0.717, 1.165) is 4.47 Å². The predicted octanol–water partition coefficient (Wildman–Crippen LogP) is 4.05. The first-order valence-electron chi connectivity index (χ1n) is 5.57. The third-order valence-corrected chi connectivity index (χ3v) is 3.37. The number of nitrogens with one attached hydrogen (secondary N) is 1. The van der Waals surface area contributed by atoms with Crippen LogP contribution in [0.2, 0.25) is 5.02 Å². The van der Waals surface area contributed by atoms with Gasteiger partial charge in [-0.1, -0.05) is 33.6 Å². The van der Waals surface area contributed by atoms with Gasteiger partial charge >= 0.3 is 5.97 Å². The van der Waals surface area contributed by atoms with Crippen LogP contribution in [-0.2, 0) is 0 Å². The minimum atomic E-state index is -1.08. The van der Waals surface area contributed by atoms with Gasteiger partial charge in [-0.25, -0.2) is 4.79 Å². The summed E-state index contributed by atoms with van der Waals surface area (Å²) in [5.74, 6) is -1.45. The fourth-order valence-electron chi connectivity index (χ4n) is 1.58. The number of rotatable bonds is 3. The molecule has 6 heteroatoms. The van der Waals surface area contributed by atoms with Gasteiger partial charge < -0.3 is 10.4 Å². The van der Waals surface area contributed by atoms with Crippen molar-refractivity contribution in [2.75, 3.05) is 5.32 Å². The lowest BCUT2D eigenvalue weighted by Gasteiger charge is -2.08.